The Morgan fingerprint density at radius 3 is 2.60 bits per heavy atom. The summed E-state index contributed by atoms with van der Waals surface area (Å²) in [7, 11) is 1.67. The molecule has 1 aliphatic heterocycles. The molecule has 0 aliphatic carbocycles. The SMILES string of the molecule is COc1ccc(C(CNc2ccc(C#N)nc2)N2CCOCC2)cc1. The lowest BCUT2D eigenvalue weighted by atomic mass is 10.0. The molecule has 3 rings (SSSR count). The number of nitrogens with one attached hydrogen (secondary N) is 1. The summed E-state index contributed by atoms with van der Waals surface area (Å²) in [6.45, 7) is 4.07. The highest BCUT2D eigenvalue weighted by molar-refractivity contribution is 5.43. The van der Waals surface area contributed by atoms with Gasteiger partial charge in [0, 0.05) is 19.6 Å². The van der Waals surface area contributed by atoms with Crippen LogP contribution in [0.1, 0.15) is 17.3 Å². The lowest BCUT2D eigenvalue weighted by molar-refractivity contribution is 0.0187. The first-order valence-electron chi connectivity index (χ1n) is 8.36. The Balaban J connectivity index is 1.73. The summed E-state index contributed by atoms with van der Waals surface area (Å²) in [5.41, 5.74) is 2.56. The molecule has 2 heterocycles. The minimum atomic E-state index is 0.227. The fourth-order valence-corrected chi connectivity index (χ4v) is 2.95. The van der Waals surface area contributed by atoms with Gasteiger partial charge in [0.05, 0.1) is 38.2 Å². The van der Waals surface area contributed by atoms with Gasteiger partial charge in [0.25, 0.3) is 0 Å². The molecule has 25 heavy (non-hydrogen) atoms. The molecule has 0 spiro atoms. The van der Waals surface area contributed by atoms with Gasteiger partial charge in [-0.15, -0.1) is 0 Å². The average Bonchev–Trinajstić information content (AvgIpc) is 2.70. The standard InChI is InChI=1S/C19H22N4O2/c1-24-18-6-2-15(3-7-18)19(23-8-10-25-11-9-23)14-22-17-5-4-16(12-20)21-13-17/h2-7,13,19,22H,8-11,14H2,1H3. The molecule has 1 saturated heterocycles. The van der Waals surface area contributed by atoms with Crippen LogP contribution < -0.4 is 10.1 Å². The molecule has 130 valence electrons. The van der Waals surface area contributed by atoms with Crippen molar-refractivity contribution in [1.82, 2.24) is 9.88 Å². The number of rotatable bonds is 6. The number of pyridine rings is 1. The normalized spacial score (nSPS) is 16.0. The van der Waals surface area contributed by atoms with Gasteiger partial charge in [-0.3, -0.25) is 4.90 Å². The summed E-state index contributed by atoms with van der Waals surface area (Å²) in [4.78, 5) is 6.54. The highest BCUT2D eigenvalue weighted by Crippen LogP contribution is 2.24. The molecule has 1 aromatic carbocycles. The summed E-state index contributed by atoms with van der Waals surface area (Å²) in [6, 6.07) is 14.1. The second-order valence-electron chi connectivity index (χ2n) is 5.86. The molecule has 1 fully saturated rings. The zero-order valence-electron chi connectivity index (χ0n) is 14.3. The van der Waals surface area contributed by atoms with E-state index in [2.05, 4.69) is 27.3 Å². The molecule has 0 bridgehead atoms. The number of hydrogen-bond donors (Lipinski definition) is 1. The molecule has 1 atom stereocenters. The number of aromatic nitrogens is 1. The Hall–Kier alpha value is -2.62. The second-order valence-corrected chi connectivity index (χ2v) is 5.86. The number of anilines is 1. The summed E-state index contributed by atoms with van der Waals surface area (Å²) >= 11 is 0. The molecule has 1 N–H and O–H groups in total. The third-order valence-electron chi connectivity index (χ3n) is 4.36. The van der Waals surface area contributed by atoms with Crippen LogP contribution in [0.25, 0.3) is 0 Å². The summed E-state index contributed by atoms with van der Waals surface area (Å²) in [5, 5.41) is 12.3. The van der Waals surface area contributed by atoms with E-state index in [9.17, 15) is 0 Å². The zero-order chi connectivity index (χ0) is 17.5. The number of nitrogens with zero attached hydrogens (tertiary/aromatic N) is 3. The summed E-state index contributed by atoms with van der Waals surface area (Å²) in [6.07, 6.45) is 1.70. The average molecular weight is 338 g/mol. The van der Waals surface area contributed by atoms with Crippen LogP contribution in [0.2, 0.25) is 0 Å². The lowest BCUT2D eigenvalue weighted by Gasteiger charge is -2.35. The molecular weight excluding hydrogens is 316 g/mol. The van der Waals surface area contributed by atoms with E-state index in [1.54, 1.807) is 19.4 Å². The predicted octanol–water partition coefficient (Wildman–Crippen LogP) is 2.45. The van der Waals surface area contributed by atoms with E-state index in [0.29, 0.717) is 5.69 Å². The van der Waals surface area contributed by atoms with Crippen molar-refractivity contribution < 1.29 is 9.47 Å². The molecule has 1 unspecified atom stereocenters. The summed E-state index contributed by atoms with van der Waals surface area (Å²) in [5.74, 6) is 0.855. The van der Waals surface area contributed by atoms with Crippen molar-refractivity contribution in [2.45, 2.75) is 6.04 Å². The van der Waals surface area contributed by atoms with Crippen LogP contribution in [0.5, 0.6) is 5.75 Å². The first-order chi connectivity index (χ1) is 12.3. The quantitative estimate of drug-likeness (QED) is 0.872. The van der Waals surface area contributed by atoms with Gasteiger partial charge in [-0.25, -0.2) is 4.98 Å². The van der Waals surface area contributed by atoms with Gasteiger partial charge in [-0.1, -0.05) is 12.1 Å². The Morgan fingerprint density at radius 1 is 1.24 bits per heavy atom. The van der Waals surface area contributed by atoms with E-state index in [4.69, 9.17) is 14.7 Å². The maximum absolute atomic E-state index is 8.85. The topological polar surface area (TPSA) is 70.4 Å². The Labute approximate surface area is 148 Å². The second kappa shape index (κ2) is 8.47. The minimum Gasteiger partial charge on any atom is -0.497 e. The van der Waals surface area contributed by atoms with E-state index < -0.39 is 0 Å². The minimum absolute atomic E-state index is 0.227. The van der Waals surface area contributed by atoms with Crippen LogP contribution >= 0.6 is 0 Å². The predicted molar refractivity (Wildman–Crippen MR) is 95.6 cm³/mol. The van der Waals surface area contributed by atoms with Gasteiger partial charge in [0.1, 0.15) is 17.5 Å². The number of ether oxygens (including phenoxy) is 2. The van der Waals surface area contributed by atoms with Crippen molar-refractivity contribution >= 4 is 5.69 Å². The van der Waals surface area contributed by atoms with Gasteiger partial charge < -0.3 is 14.8 Å². The van der Waals surface area contributed by atoms with Crippen LogP contribution in [0.3, 0.4) is 0 Å². The van der Waals surface area contributed by atoms with Crippen LogP contribution in [-0.4, -0.2) is 49.8 Å². The highest BCUT2D eigenvalue weighted by atomic mass is 16.5. The Bertz CT molecular complexity index is 704. The third-order valence-corrected chi connectivity index (χ3v) is 4.36. The largest absolute Gasteiger partial charge is 0.497 e. The fraction of sp³-hybridized carbons (Fsp3) is 0.368. The molecule has 0 radical (unpaired) electrons. The third kappa shape index (κ3) is 4.47. The fourth-order valence-electron chi connectivity index (χ4n) is 2.95. The lowest BCUT2D eigenvalue weighted by Crippen LogP contribution is -2.41. The van der Waals surface area contributed by atoms with Crippen molar-refractivity contribution in [3.63, 3.8) is 0 Å². The molecule has 6 nitrogen and oxygen atoms in total. The molecule has 0 amide bonds. The molecule has 1 aromatic heterocycles. The Morgan fingerprint density at radius 2 is 2.00 bits per heavy atom. The van der Waals surface area contributed by atoms with Crippen molar-refractivity contribution in [1.29, 1.82) is 5.26 Å². The first-order valence-corrected chi connectivity index (χ1v) is 8.36. The number of nitriles is 1. The van der Waals surface area contributed by atoms with Crippen LogP contribution in [0.15, 0.2) is 42.6 Å². The van der Waals surface area contributed by atoms with Gasteiger partial charge in [0.15, 0.2) is 0 Å². The van der Waals surface area contributed by atoms with Gasteiger partial charge >= 0.3 is 0 Å². The smallest absolute Gasteiger partial charge is 0.140 e. The first kappa shape index (κ1) is 17.2. The van der Waals surface area contributed by atoms with Crippen LogP contribution in [0, 0.1) is 11.3 Å². The molecule has 1 aliphatic rings. The van der Waals surface area contributed by atoms with Crippen LogP contribution in [-0.2, 0) is 4.74 Å². The van der Waals surface area contributed by atoms with Gasteiger partial charge in [0.2, 0.25) is 0 Å². The Kier molecular flexibility index (Phi) is 5.83. The molecule has 0 saturated carbocycles. The van der Waals surface area contributed by atoms with E-state index in [0.717, 1.165) is 44.3 Å². The van der Waals surface area contributed by atoms with Gasteiger partial charge in [-0.05, 0) is 29.8 Å². The molecule has 2 aromatic rings. The zero-order valence-corrected chi connectivity index (χ0v) is 14.3. The van der Waals surface area contributed by atoms with E-state index >= 15 is 0 Å². The highest BCUT2D eigenvalue weighted by Gasteiger charge is 2.22. The monoisotopic (exact) mass is 338 g/mol. The number of morpholine rings is 1. The van der Waals surface area contributed by atoms with E-state index in [1.807, 2.05) is 24.3 Å². The number of methoxy groups -OCH3 is 1. The van der Waals surface area contributed by atoms with Gasteiger partial charge in [-0.2, -0.15) is 5.26 Å². The van der Waals surface area contributed by atoms with Crippen molar-refractivity contribution in [3.05, 3.63) is 53.9 Å². The van der Waals surface area contributed by atoms with Crippen molar-refractivity contribution in [2.75, 3.05) is 45.3 Å². The maximum atomic E-state index is 8.85. The van der Waals surface area contributed by atoms with Crippen molar-refractivity contribution in [3.8, 4) is 11.8 Å². The number of benzene rings is 1. The molecule has 6 heteroatoms. The van der Waals surface area contributed by atoms with Crippen molar-refractivity contribution in [2.24, 2.45) is 0 Å². The summed E-state index contributed by atoms with van der Waals surface area (Å²) < 4.78 is 10.7. The van der Waals surface area contributed by atoms with E-state index in [-0.39, 0.29) is 6.04 Å². The van der Waals surface area contributed by atoms with Crippen LogP contribution in [0.4, 0.5) is 5.69 Å². The number of hydrogen-bond acceptors (Lipinski definition) is 6. The maximum Gasteiger partial charge on any atom is 0.140 e. The van der Waals surface area contributed by atoms with E-state index in [1.165, 1.54) is 5.56 Å². The molecular formula is C19H22N4O2.